The van der Waals surface area contributed by atoms with Gasteiger partial charge < -0.3 is 0 Å². The van der Waals surface area contributed by atoms with E-state index in [2.05, 4.69) is 5.10 Å². The first-order valence-corrected chi connectivity index (χ1v) is 8.95. The number of hydrogen-bond donors (Lipinski definition) is 1. The van der Waals surface area contributed by atoms with Crippen molar-refractivity contribution in [2.75, 3.05) is 4.83 Å². The normalized spacial score (nSPS) is 11.8. The molecule has 0 bridgehead atoms. The minimum absolute atomic E-state index is 0.119. The topological polar surface area (TPSA) is 87.8 Å². The quantitative estimate of drug-likeness (QED) is 0.737. The Balaban J connectivity index is 2.08. The Morgan fingerprint density at radius 1 is 1.04 bits per heavy atom. The molecule has 3 rings (SSSR count). The van der Waals surface area contributed by atoms with E-state index in [0.717, 1.165) is 6.07 Å². The molecule has 27 heavy (non-hydrogen) atoms. The predicted octanol–water partition coefficient (Wildman–Crippen LogP) is 3.37. The Kier molecular flexibility index (Phi) is 4.63. The van der Waals surface area contributed by atoms with Gasteiger partial charge in [-0.05, 0) is 30.3 Å². The molecule has 1 N–H and O–H groups in total. The smallest absolute Gasteiger partial charge is 0.200 e. The van der Waals surface area contributed by atoms with Gasteiger partial charge in [-0.3, -0.25) is 0 Å². The minimum atomic E-state index is -4.76. The molecular weight excluding hydrogens is 381 g/mol. The highest BCUT2D eigenvalue weighted by molar-refractivity contribution is 7.92. The van der Waals surface area contributed by atoms with Crippen LogP contribution in [0.3, 0.4) is 0 Å². The maximum atomic E-state index is 13.1. The number of alkyl halides is 3. The molecule has 10 heteroatoms. The molecule has 2 aromatic carbocycles. The summed E-state index contributed by atoms with van der Waals surface area (Å²) in [5.41, 5.74) is -0.803. The van der Waals surface area contributed by atoms with Gasteiger partial charge in [0.15, 0.2) is 5.69 Å². The molecule has 0 fully saturated rings. The molecule has 0 spiro atoms. The summed E-state index contributed by atoms with van der Waals surface area (Å²) in [6.07, 6.45) is -4.76. The summed E-state index contributed by atoms with van der Waals surface area (Å²) in [4.78, 5) is 2.47. The van der Waals surface area contributed by atoms with E-state index in [1.54, 1.807) is 6.07 Å². The molecule has 1 aromatic heterocycles. The van der Waals surface area contributed by atoms with E-state index in [-0.39, 0.29) is 16.2 Å². The second-order valence-corrected chi connectivity index (χ2v) is 7.08. The number of sulfonamides is 1. The molecule has 0 radical (unpaired) electrons. The number of nitrogens with zero attached hydrogens (tertiary/aromatic N) is 3. The van der Waals surface area contributed by atoms with Crippen molar-refractivity contribution < 1.29 is 21.6 Å². The fraction of sp³-hybridized carbons (Fsp3) is 0.0588. The largest absolute Gasteiger partial charge is 0.435 e. The van der Waals surface area contributed by atoms with Crippen molar-refractivity contribution in [2.24, 2.45) is 0 Å². The first kappa shape index (κ1) is 18.5. The zero-order valence-electron chi connectivity index (χ0n) is 13.5. The maximum Gasteiger partial charge on any atom is 0.435 e. The maximum absolute atomic E-state index is 13.1. The Morgan fingerprint density at radius 3 is 2.22 bits per heavy atom. The minimum Gasteiger partial charge on any atom is -0.200 e. The van der Waals surface area contributed by atoms with Crippen LogP contribution in [0.2, 0.25) is 0 Å². The summed E-state index contributed by atoms with van der Waals surface area (Å²) in [7, 11) is -4.16. The lowest BCUT2D eigenvalue weighted by Crippen LogP contribution is -2.25. The van der Waals surface area contributed by atoms with Gasteiger partial charge in [-0.15, -0.1) is 5.10 Å². The van der Waals surface area contributed by atoms with E-state index >= 15 is 0 Å². The lowest BCUT2D eigenvalue weighted by molar-refractivity contribution is -0.141. The van der Waals surface area contributed by atoms with Crippen molar-refractivity contribution >= 4 is 10.0 Å². The molecular formula is C17H11F3N4O2S. The Labute approximate surface area is 152 Å². The number of aromatic nitrogens is 2. The molecule has 1 heterocycles. The third-order valence-corrected chi connectivity index (χ3v) is 4.88. The fourth-order valence-corrected chi connectivity index (χ4v) is 3.26. The van der Waals surface area contributed by atoms with Crippen molar-refractivity contribution in [3.05, 3.63) is 71.9 Å². The summed E-state index contributed by atoms with van der Waals surface area (Å²) in [5, 5.41) is 12.2. The molecule has 0 unspecified atom stereocenters. The van der Waals surface area contributed by atoms with Crippen LogP contribution in [0.4, 0.5) is 13.2 Å². The van der Waals surface area contributed by atoms with Crippen molar-refractivity contribution in [2.45, 2.75) is 11.1 Å². The first-order chi connectivity index (χ1) is 12.7. The SMILES string of the molecule is N#Cc1ccc(-c2cc(C(F)(F)F)nn2NS(=O)(=O)c2ccccc2)cc1. The van der Waals surface area contributed by atoms with E-state index in [4.69, 9.17) is 5.26 Å². The van der Waals surface area contributed by atoms with Gasteiger partial charge in [0.1, 0.15) is 0 Å². The van der Waals surface area contributed by atoms with Crippen LogP contribution in [-0.4, -0.2) is 18.3 Å². The van der Waals surface area contributed by atoms with E-state index in [1.807, 2.05) is 10.9 Å². The fourth-order valence-electron chi connectivity index (χ4n) is 2.28. The van der Waals surface area contributed by atoms with Gasteiger partial charge in [0.05, 0.1) is 22.2 Å². The van der Waals surface area contributed by atoms with Crippen LogP contribution in [0.25, 0.3) is 11.3 Å². The molecule has 0 amide bonds. The van der Waals surface area contributed by atoms with Gasteiger partial charge in [-0.2, -0.15) is 36.5 Å². The highest BCUT2D eigenvalue weighted by atomic mass is 32.2. The van der Waals surface area contributed by atoms with E-state index in [9.17, 15) is 21.6 Å². The highest BCUT2D eigenvalue weighted by Crippen LogP contribution is 2.31. The lowest BCUT2D eigenvalue weighted by Gasteiger charge is -2.11. The monoisotopic (exact) mass is 392 g/mol. The lowest BCUT2D eigenvalue weighted by atomic mass is 10.1. The van der Waals surface area contributed by atoms with Crippen LogP contribution in [0.5, 0.6) is 0 Å². The van der Waals surface area contributed by atoms with Crippen LogP contribution in [-0.2, 0) is 16.2 Å². The average molecular weight is 392 g/mol. The average Bonchev–Trinajstić information content (AvgIpc) is 3.06. The Morgan fingerprint density at radius 2 is 1.67 bits per heavy atom. The van der Waals surface area contributed by atoms with E-state index in [1.165, 1.54) is 48.5 Å². The summed E-state index contributed by atoms with van der Waals surface area (Å²) >= 11 is 0. The summed E-state index contributed by atoms with van der Waals surface area (Å²) < 4.78 is 64.1. The Hall–Kier alpha value is -3.32. The molecule has 0 aliphatic heterocycles. The number of halogens is 3. The van der Waals surface area contributed by atoms with E-state index < -0.39 is 21.9 Å². The van der Waals surface area contributed by atoms with Gasteiger partial charge in [0.2, 0.25) is 0 Å². The van der Waals surface area contributed by atoms with E-state index in [0.29, 0.717) is 10.4 Å². The highest BCUT2D eigenvalue weighted by Gasteiger charge is 2.35. The van der Waals surface area contributed by atoms with Gasteiger partial charge in [-0.1, -0.05) is 30.3 Å². The molecule has 0 saturated carbocycles. The number of nitrogens with one attached hydrogen (secondary N) is 1. The van der Waals surface area contributed by atoms with Gasteiger partial charge >= 0.3 is 6.18 Å². The van der Waals surface area contributed by atoms with Crippen molar-refractivity contribution in [3.8, 4) is 17.3 Å². The van der Waals surface area contributed by atoms with Crippen molar-refractivity contribution in [3.63, 3.8) is 0 Å². The number of hydrogen-bond acceptors (Lipinski definition) is 4. The van der Waals surface area contributed by atoms with Crippen molar-refractivity contribution in [1.82, 2.24) is 9.89 Å². The summed E-state index contributed by atoms with van der Waals surface area (Å²) in [6.45, 7) is 0. The zero-order valence-corrected chi connectivity index (χ0v) is 14.3. The molecule has 0 aliphatic carbocycles. The molecule has 3 aromatic rings. The van der Waals surface area contributed by atoms with Gasteiger partial charge in [0, 0.05) is 5.56 Å². The third kappa shape index (κ3) is 3.93. The molecule has 6 nitrogen and oxygen atoms in total. The predicted molar refractivity (Wildman–Crippen MR) is 90.4 cm³/mol. The number of nitriles is 1. The molecule has 0 saturated heterocycles. The Bertz CT molecular complexity index is 1100. The second-order valence-electron chi connectivity index (χ2n) is 5.42. The van der Waals surface area contributed by atoms with Crippen LogP contribution < -0.4 is 4.83 Å². The van der Waals surface area contributed by atoms with Crippen molar-refractivity contribution in [1.29, 1.82) is 5.26 Å². The second kappa shape index (κ2) is 6.77. The van der Waals surface area contributed by atoms with Gasteiger partial charge in [-0.25, -0.2) is 0 Å². The summed E-state index contributed by atoms with van der Waals surface area (Å²) in [5.74, 6) is 0. The van der Waals surface area contributed by atoms with Crippen LogP contribution in [0.15, 0.2) is 65.6 Å². The van der Waals surface area contributed by atoms with Crippen LogP contribution in [0, 0.1) is 11.3 Å². The standard InChI is InChI=1S/C17H11F3N4O2S/c18-17(19,20)16-10-15(13-8-6-12(11-21)7-9-13)24(22-16)23-27(25,26)14-4-2-1-3-5-14/h1-10,23H. The number of benzene rings is 2. The van der Waals surface area contributed by atoms with Crippen LogP contribution in [0.1, 0.15) is 11.3 Å². The molecule has 138 valence electrons. The van der Waals surface area contributed by atoms with Gasteiger partial charge in [0.25, 0.3) is 10.0 Å². The molecule has 0 atom stereocenters. The summed E-state index contributed by atoms with van der Waals surface area (Å²) in [6, 6.07) is 15.4. The number of rotatable bonds is 4. The third-order valence-electron chi connectivity index (χ3n) is 3.57. The zero-order chi connectivity index (χ0) is 19.7. The van der Waals surface area contributed by atoms with Crippen LogP contribution >= 0.6 is 0 Å². The molecule has 0 aliphatic rings. The first-order valence-electron chi connectivity index (χ1n) is 7.46.